The van der Waals surface area contributed by atoms with Crippen LogP contribution >= 0.6 is 11.6 Å². The predicted octanol–water partition coefficient (Wildman–Crippen LogP) is 2.08. The summed E-state index contributed by atoms with van der Waals surface area (Å²) >= 11 is 5.65. The van der Waals surface area contributed by atoms with E-state index in [4.69, 9.17) is 17.3 Å². The number of alkyl halides is 3. The lowest BCUT2D eigenvalue weighted by molar-refractivity contribution is -0.131. The second-order valence-electron chi connectivity index (χ2n) is 2.71. The van der Waals surface area contributed by atoms with Gasteiger partial charge in [-0.15, -0.1) is 0 Å². The van der Waals surface area contributed by atoms with Gasteiger partial charge in [0.1, 0.15) is 23.0 Å². The molecule has 0 amide bonds. The maximum absolute atomic E-state index is 11.8. The van der Waals surface area contributed by atoms with E-state index in [2.05, 4.69) is 15.3 Å². The van der Waals surface area contributed by atoms with Crippen LogP contribution in [0.25, 0.3) is 0 Å². The van der Waals surface area contributed by atoms with Crippen molar-refractivity contribution >= 4 is 23.2 Å². The molecule has 1 aromatic heterocycles. The number of hydrogen-bond donors (Lipinski definition) is 2. The number of nitrogen functional groups attached to an aromatic ring is 1. The predicted molar refractivity (Wildman–Crippen MR) is 50.6 cm³/mol. The van der Waals surface area contributed by atoms with Crippen LogP contribution in [0.4, 0.5) is 24.8 Å². The Balaban J connectivity index is 2.55. The van der Waals surface area contributed by atoms with Crippen molar-refractivity contribution in [1.82, 2.24) is 9.97 Å². The van der Waals surface area contributed by atoms with Crippen LogP contribution < -0.4 is 11.1 Å². The van der Waals surface area contributed by atoms with Crippen molar-refractivity contribution in [1.29, 1.82) is 0 Å². The SMILES string of the molecule is Nc1ncnc(NCCC(F)(F)F)c1Cl. The molecule has 0 aliphatic carbocycles. The average molecular weight is 241 g/mol. The molecule has 15 heavy (non-hydrogen) atoms. The quantitative estimate of drug-likeness (QED) is 0.849. The van der Waals surface area contributed by atoms with E-state index in [0.717, 1.165) is 6.33 Å². The van der Waals surface area contributed by atoms with E-state index in [1.165, 1.54) is 0 Å². The Kier molecular flexibility index (Phi) is 3.57. The molecule has 0 atom stereocenters. The molecule has 1 heterocycles. The molecule has 3 N–H and O–H groups in total. The van der Waals surface area contributed by atoms with Gasteiger partial charge in [0.2, 0.25) is 0 Å². The fourth-order valence-corrected chi connectivity index (χ4v) is 0.994. The minimum absolute atomic E-state index is 0.0275. The van der Waals surface area contributed by atoms with Gasteiger partial charge in [-0.3, -0.25) is 0 Å². The summed E-state index contributed by atoms with van der Waals surface area (Å²) in [5.74, 6) is 0.134. The lowest BCUT2D eigenvalue weighted by Crippen LogP contribution is -2.15. The maximum atomic E-state index is 11.8. The van der Waals surface area contributed by atoms with Crippen molar-refractivity contribution in [3.8, 4) is 0 Å². The number of nitrogens with two attached hydrogens (primary N) is 1. The highest BCUT2D eigenvalue weighted by molar-refractivity contribution is 6.35. The van der Waals surface area contributed by atoms with Gasteiger partial charge in [0, 0.05) is 6.54 Å². The normalized spacial score (nSPS) is 11.5. The number of hydrogen-bond acceptors (Lipinski definition) is 4. The Morgan fingerprint density at radius 3 is 2.67 bits per heavy atom. The Hall–Kier alpha value is -1.24. The van der Waals surface area contributed by atoms with Gasteiger partial charge >= 0.3 is 6.18 Å². The summed E-state index contributed by atoms with van der Waals surface area (Å²) in [5.41, 5.74) is 5.33. The van der Waals surface area contributed by atoms with Crippen molar-refractivity contribution in [2.24, 2.45) is 0 Å². The number of nitrogens with zero attached hydrogens (tertiary/aromatic N) is 2. The number of nitrogens with one attached hydrogen (secondary N) is 1. The van der Waals surface area contributed by atoms with Crippen LogP contribution in [0.3, 0.4) is 0 Å². The third-order valence-electron chi connectivity index (χ3n) is 1.52. The van der Waals surface area contributed by atoms with E-state index >= 15 is 0 Å². The molecule has 0 aromatic carbocycles. The maximum Gasteiger partial charge on any atom is 0.390 e. The zero-order chi connectivity index (χ0) is 11.5. The van der Waals surface area contributed by atoms with E-state index in [1.54, 1.807) is 0 Å². The lowest BCUT2D eigenvalue weighted by Gasteiger charge is -2.09. The molecule has 84 valence electrons. The molecule has 0 spiro atoms. The molecule has 1 rings (SSSR count). The van der Waals surface area contributed by atoms with Crippen LogP contribution in [-0.4, -0.2) is 22.7 Å². The summed E-state index contributed by atoms with van der Waals surface area (Å²) in [6.45, 7) is -0.306. The molecule has 1 aromatic rings. The average Bonchev–Trinajstić information content (AvgIpc) is 2.10. The van der Waals surface area contributed by atoms with Crippen LogP contribution in [0.5, 0.6) is 0 Å². The Bertz CT molecular complexity index is 341. The summed E-state index contributed by atoms with van der Waals surface area (Å²) in [5, 5.41) is 2.45. The number of aromatic nitrogens is 2. The van der Waals surface area contributed by atoms with Crippen LogP contribution in [0, 0.1) is 0 Å². The van der Waals surface area contributed by atoms with Crippen molar-refractivity contribution in [2.75, 3.05) is 17.6 Å². The standard InChI is InChI=1S/C7H8ClF3N4/c8-4-5(12)14-3-15-6(4)13-2-1-7(9,10)11/h3H,1-2H2,(H3,12,13,14,15). The summed E-state index contributed by atoms with van der Waals surface area (Å²) in [6.07, 6.45) is -4.05. The molecule has 0 bridgehead atoms. The lowest BCUT2D eigenvalue weighted by atomic mass is 10.4. The van der Waals surface area contributed by atoms with E-state index in [1.807, 2.05) is 0 Å². The molecule has 0 aliphatic rings. The highest BCUT2D eigenvalue weighted by Gasteiger charge is 2.26. The van der Waals surface area contributed by atoms with Crippen LogP contribution in [0.1, 0.15) is 6.42 Å². The minimum atomic E-state index is -4.21. The summed E-state index contributed by atoms with van der Waals surface area (Å²) in [7, 11) is 0. The zero-order valence-corrected chi connectivity index (χ0v) is 8.23. The number of rotatable bonds is 3. The van der Waals surface area contributed by atoms with Gasteiger partial charge in [-0.1, -0.05) is 11.6 Å². The van der Waals surface area contributed by atoms with Crippen LogP contribution in [0.2, 0.25) is 5.02 Å². The Labute approximate surface area is 88.7 Å². The van der Waals surface area contributed by atoms with Gasteiger partial charge in [-0.25, -0.2) is 9.97 Å². The fourth-order valence-electron chi connectivity index (χ4n) is 0.829. The van der Waals surface area contributed by atoms with Crippen molar-refractivity contribution in [3.63, 3.8) is 0 Å². The summed E-state index contributed by atoms with van der Waals surface area (Å²) in [6, 6.07) is 0. The molecule has 0 saturated heterocycles. The molecular weight excluding hydrogens is 233 g/mol. The molecule has 4 nitrogen and oxygen atoms in total. The first-order valence-corrected chi connectivity index (χ1v) is 4.34. The van der Waals surface area contributed by atoms with E-state index in [9.17, 15) is 13.2 Å². The van der Waals surface area contributed by atoms with Crippen LogP contribution in [-0.2, 0) is 0 Å². The number of anilines is 2. The van der Waals surface area contributed by atoms with Gasteiger partial charge in [-0.2, -0.15) is 13.2 Å². The third kappa shape index (κ3) is 3.78. The van der Waals surface area contributed by atoms with Crippen LogP contribution in [0.15, 0.2) is 6.33 Å². The first-order chi connectivity index (χ1) is 6.90. The Morgan fingerprint density at radius 1 is 1.40 bits per heavy atom. The second kappa shape index (κ2) is 4.52. The third-order valence-corrected chi connectivity index (χ3v) is 1.89. The molecule has 0 radical (unpaired) electrons. The first kappa shape index (κ1) is 11.8. The first-order valence-electron chi connectivity index (χ1n) is 3.97. The minimum Gasteiger partial charge on any atom is -0.382 e. The molecule has 0 aliphatic heterocycles. The monoisotopic (exact) mass is 240 g/mol. The second-order valence-corrected chi connectivity index (χ2v) is 3.09. The fraction of sp³-hybridized carbons (Fsp3) is 0.429. The largest absolute Gasteiger partial charge is 0.390 e. The van der Waals surface area contributed by atoms with E-state index in [0.29, 0.717) is 0 Å². The Morgan fingerprint density at radius 2 is 2.07 bits per heavy atom. The molecule has 0 saturated carbocycles. The molecule has 8 heteroatoms. The topological polar surface area (TPSA) is 63.8 Å². The highest BCUT2D eigenvalue weighted by atomic mass is 35.5. The molecule has 0 fully saturated rings. The van der Waals surface area contributed by atoms with Gasteiger partial charge in [-0.05, 0) is 0 Å². The van der Waals surface area contributed by atoms with Gasteiger partial charge in [0.25, 0.3) is 0 Å². The van der Waals surface area contributed by atoms with Gasteiger partial charge < -0.3 is 11.1 Å². The smallest absolute Gasteiger partial charge is 0.382 e. The summed E-state index contributed by atoms with van der Waals surface area (Å²) in [4.78, 5) is 7.23. The van der Waals surface area contributed by atoms with E-state index < -0.39 is 12.6 Å². The molecular formula is C7H8ClF3N4. The van der Waals surface area contributed by atoms with Crippen molar-refractivity contribution < 1.29 is 13.2 Å². The van der Waals surface area contributed by atoms with Crippen molar-refractivity contribution in [2.45, 2.75) is 12.6 Å². The number of halogens is 4. The summed E-state index contributed by atoms with van der Waals surface area (Å²) < 4.78 is 35.4. The zero-order valence-electron chi connectivity index (χ0n) is 7.48. The van der Waals surface area contributed by atoms with Gasteiger partial charge in [0.05, 0.1) is 6.42 Å². The molecule has 0 unspecified atom stereocenters. The van der Waals surface area contributed by atoms with Gasteiger partial charge in [0.15, 0.2) is 0 Å². The van der Waals surface area contributed by atoms with Crippen molar-refractivity contribution in [3.05, 3.63) is 11.3 Å². The highest BCUT2D eigenvalue weighted by Crippen LogP contribution is 2.24. The van der Waals surface area contributed by atoms with E-state index in [-0.39, 0.29) is 23.2 Å².